The number of ether oxygens (including phenoxy) is 2. The first kappa shape index (κ1) is 16.1. The number of hydrogen-bond donors (Lipinski definition) is 1. The van der Waals surface area contributed by atoms with Crippen molar-refractivity contribution in [2.45, 2.75) is 20.6 Å². The molecule has 1 amide bonds. The van der Waals surface area contributed by atoms with Crippen molar-refractivity contribution in [3.63, 3.8) is 0 Å². The molecule has 22 heavy (non-hydrogen) atoms. The van der Waals surface area contributed by atoms with Crippen molar-refractivity contribution >= 4 is 40.6 Å². The number of aromatic nitrogens is 4. The van der Waals surface area contributed by atoms with Gasteiger partial charge in [-0.05, 0) is 0 Å². The van der Waals surface area contributed by atoms with Crippen LogP contribution in [0.25, 0.3) is 11.2 Å². The Kier molecular flexibility index (Phi) is 5.23. The lowest BCUT2D eigenvalue weighted by Gasteiger charge is -2.07. The van der Waals surface area contributed by atoms with Gasteiger partial charge in [0.05, 0.1) is 12.9 Å². The molecule has 0 radical (unpaired) electrons. The molecule has 2 aromatic heterocycles. The Morgan fingerprint density at radius 1 is 1.32 bits per heavy atom. The van der Waals surface area contributed by atoms with Gasteiger partial charge in [-0.25, -0.2) is 4.98 Å². The zero-order chi connectivity index (χ0) is 16.1. The van der Waals surface area contributed by atoms with Crippen molar-refractivity contribution in [3.8, 4) is 0 Å². The van der Waals surface area contributed by atoms with E-state index in [9.17, 15) is 9.59 Å². The maximum Gasteiger partial charge on any atom is 0.302 e. The Labute approximate surface area is 130 Å². The number of amides is 1. The minimum atomic E-state index is -0.365. The molecule has 0 aliphatic carbocycles. The maximum atomic E-state index is 11.1. The summed E-state index contributed by atoms with van der Waals surface area (Å²) in [6, 6.07) is 0. The molecule has 0 aliphatic rings. The van der Waals surface area contributed by atoms with Gasteiger partial charge in [0.15, 0.2) is 10.8 Å². The van der Waals surface area contributed by atoms with Gasteiger partial charge < -0.3 is 9.47 Å². The number of rotatable bonds is 6. The maximum absolute atomic E-state index is 11.1. The van der Waals surface area contributed by atoms with Gasteiger partial charge in [0.2, 0.25) is 11.9 Å². The van der Waals surface area contributed by atoms with Gasteiger partial charge >= 0.3 is 5.97 Å². The smallest absolute Gasteiger partial charge is 0.302 e. The average molecular weight is 328 g/mol. The highest BCUT2D eigenvalue weighted by molar-refractivity contribution is 6.33. The Bertz CT molecular complexity index is 702. The second-order valence-electron chi connectivity index (χ2n) is 4.28. The van der Waals surface area contributed by atoms with Gasteiger partial charge in [-0.1, -0.05) is 11.6 Å². The van der Waals surface area contributed by atoms with Crippen LogP contribution in [0.5, 0.6) is 0 Å². The van der Waals surface area contributed by atoms with Crippen molar-refractivity contribution in [2.24, 2.45) is 0 Å². The minimum Gasteiger partial charge on any atom is -0.463 e. The van der Waals surface area contributed by atoms with Crippen LogP contribution in [-0.2, 0) is 25.8 Å². The monoisotopic (exact) mass is 327 g/mol. The summed E-state index contributed by atoms with van der Waals surface area (Å²) in [5.74, 6) is -0.582. The van der Waals surface area contributed by atoms with Gasteiger partial charge in [-0.3, -0.25) is 19.5 Å². The molecular formula is C12H14ClN5O4. The summed E-state index contributed by atoms with van der Waals surface area (Å²) < 4.78 is 11.7. The number of anilines is 1. The van der Waals surface area contributed by atoms with Gasteiger partial charge in [0, 0.05) is 13.8 Å². The first-order valence-corrected chi connectivity index (χ1v) is 6.72. The van der Waals surface area contributed by atoms with E-state index in [0.29, 0.717) is 11.2 Å². The second-order valence-corrected chi connectivity index (χ2v) is 4.64. The number of nitrogens with zero attached hydrogens (tertiary/aromatic N) is 4. The van der Waals surface area contributed by atoms with Crippen molar-refractivity contribution in [1.82, 2.24) is 19.5 Å². The molecule has 0 bridgehead atoms. The lowest BCUT2D eigenvalue weighted by atomic mass is 10.5. The Morgan fingerprint density at radius 2 is 2.09 bits per heavy atom. The van der Waals surface area contributed by atoms with Crippen molar-refractivity contribution in [3.05, 3.63) is 11.5 Å². The van der Waals surface area contributed by atoms with E-state index in [1.54, 1.807) is 4.57 Å². The molecule has 0 unspecified atom stereocenters. The van der Waals surface area contributed by atoms with E-state index in [1.165, 1.54) is 20.2 Å². The Balaban J connectivity index is 2.08. The van der Waals surface area contributed by atoms with Crippen LogP contribution in [0.2, 0.25) is 5.15 Å². The zero-order valence-corrected chi connectivity index (χ0v) is 12.8. The van der Waals surface area contributed by atoms with Gasteiger partial charge in [-0.15, -0.1) is 0 Å². The normalized spacial score (nSPS) is 10.7. The van der Waals surface area contributed by atoms with E-state index in [-0.39, 0.29) is 42.9 Å². The highest BCUT2D eigenvalue weighted by atomic mass is 35.5. The number of imidazole rings is 1. The van der Waals surface area contributed by atoms with Crippen LogP contribution in [0.1, 0.15) is 13.8 Å². The van der Waals surface area contributed by atoms with Crippen LogP contribution in [0, 0.1) is 0 Å². The third-order valence-corrected chi connectivity index (χ3v) is 2.74. The van der Waals surface area contributed by atoms with Crippen LogP contribution in [0.4, 0.5) is 5.95 Å². The molecule has 2 aromatic rings. The second kappa shape index (κ2) is 7.14. The van der Waals surface area contributed by atoms with E-state index >= 15 is 0 Å². The zero-order valence-electron chi connectivity index (χ0n) is 12.0. The van der Waals surface area contributed by atoms with E-state index in [1.807, 2.05) is 0 Å². The summed E-state index contributed by atoms with van der Waals surface area (Å²) in [5.41, 5.74) is 0.829. The topological polar surface area (TPSA) is 108 Å². The molecule has 118 valence electrons. The fourth-order valence-electron chi connectivity index (χ4n) is 1.62. The summed E-state index contributed by atoms with van der Waals surface area (Å²) in [6.07, 6.45) is 1.49. The molecule has 0 atom stereocenters. The Hall–Kier alpha value is -2.26. The van der Waals surface area contributed by atoms with Crippen LogP contribution in [0.3, 0.4) is 0 Å². The number of nitrogens with one attached hydrogen (secondary N) is 1. The number of esters is 1. The summed E-state index contributed by atoms with van der Waals surface area (Å²) in [6.45, 7) is 3.21. The van der Waals surface area contributed by atoms with E-state index < -0.39 is 0 Å². The van der Waals surface area contributed by atoms with E-state index in [2.05, 4.69) is 20.3 Å². The van der Waals surface area contributed by atoms with Crippen LogP contribution in [-0.4, -0.2) is 44.6 Å². The van der Waals surface area contributed by atoms with Crippen molar-refractivity contribution in [1.29, 1.82) is 0 Å². The molecule has 2 rings (SSSR count). The van der Waals surface area contributed by atoms with E-state index in [4.69, 9.17) is 21.1 Å². The van der Waals surface area contributed by atoms with Gasteiger partial charge in [0.1, 0.15) is 18.9 Å². The number of halogens is 1. The number of carbonyl (C=O) groups excluding carboxylic acids is 2. The fourth-order valence-corrected chi connectivity index (χ4v) is 1.84. The summed E-state index contributed by atoms with van der Waals surface area (Å²) in [5, 5.41) is 2.59. The molecule has 9 nitrogen and oxygen atoms in total. The molecule has 0 saturated heterocycles. The third-order valence-electron chi connectivity index (χ3n) is 2.47. The molecular weight excluding hydrogens is 314 g/mol. The predicted octanol–water partition coefficient (Wildman–Crippen LogP) is 0.975. The lowest BCUT2D eigenvalue weighted by molar-refractivity contribution is -0.142. The molecule has 1 N–H and O–H groups in total. The summed E-state index contributed by atoms with van der Waals surface area (Å²) in [4.78, 5) is 33.9. The van der Waals surface area contributed by atoms with Crippen molar-refractivity contribution in [2.75, 3.05) is 18.5 Å². The fraction of sp³-hybridized carbons (Fsp3) is 0.417. The molecule has 2 heterocycles. The number of carbonyl (C=O) groups is 2. The van der Waals surface area contributed by atoms with Crippen molar-refractivity contribution < 1.29 is 19.1 Å². The molecule has 0 spiro atoms. The predicted molar refractivity (Wildman–Crippen MR) is 77.2 cm³/mol. The first-order chi connectivity index (χ1) is 10.5. The Morgan fingerprint density at radius 3 is 2.77 bits per heavy atom. The summed E-state index contributed by atoms with van der Waals surface area (Å²) >= 11 is 6.00. The molecule has 10 heteroatoms. The third kappa shape index (κ3) is 4.12. The lowest BCUT2D eigenvalue weighted by Crippen LogP contribution is -2.12. The summed E-state index contributed by atoms with van der Waals surface area (Å²) in [7, 11) is 0. The standard InChI is InChI=1S/C12H14ClN5O4/c1-7(19)15-12-16-10(13)9-11(17-12)18(5-14-9)6-21-3-4-22-8(2)20/h5H,3-4,6H2,1-2H3,(H,15,16,17,19). The largest absolute Gasteiger partial charge is 0.463 e. The van der Waals surface area contributed by atoms with Crippen LogP contribution in [0.15, 0.2) is 6.33 Å². The first-order valence-electron chi connectivity index (χ1n) is 6.34. The van der Waals surface area contributed by atoms with E-state index in [0.717, 1.165) is 0 Å². The van der Waals surface area contributed by atoms with Crippen LogP contribution < -0.4 is 5.32 Å². The van der Waals surface area contributed by atoms with Gasteiger partial charge in [0.25, 0.3) is 0 Å². The highest BCUT2D eigenvalue weighted by Gasteiger charge is 2.12. The SMILES string of the molecule is CC(=O)Nc1nc(Cl)c2ncn(COCCOC(C)=O)c2n1. The van der Waals surface area contributed by atoms with Crippen LogP contribution >= 0.6 is 11.6 Å². The number of fused-ring (bicyclic) bond motifs is 1. The number of hydrogen-bond acceptors (Lipinski definition) is 7. The average Bonchev–Trinajstić information content (AvgIpc) is 2.81. The molecule has 0 fully saturated rings. The quantitative estimate of drug-likeness (QED) is 0.478. The van der Waals surface area contributed by atoms with Gasteiger partial charge in [-0.2, -0.15) is 9.97 Å². The molecule has 0 saturated carbocycles. The highest BCUT2D eigenvalue weighted by Crippen LogP contribution is 2.20. The molecule has 0 aromatic carbocycles. The molecule has 0 aliphatic heterocycles. The minimum absolute atomic E-state index is 0.0895.